The third-order valence-corrected chi connectivity index (χ3v) is 7.37. The molecule has 4 aromatic rings. The SMILES string of the molecule is CCOC(=O)C1=C(c2ccccc2)N=c2s/c(=C\c3ccc(Br)o3)c(=O)n2[C@H]1c1ccc(OC)c(OC)c1. The minimum atomic E-state index is -0.828. The van der Waals surface area contributed by atoms with Crippen LogP contribution in [0.3, 0.4) is 0 Å². The van der Waals surface area contributed by atoms with Gasteiger partial charge in [0, 0.05) is 11.6 Å². The third-order valence-electron chi connectivity index (χ3n) is 5.96. The van der Waals surface area contributed by atoms with Gasteiger partial charge in [-0.15, -0.1) is 0 Å². The molecule has 194 valence electrons. The molecule has 5 rings (SSSR count). The molecule has 10 heteroatoms. The van der Waals surface area contributed by atoms with Gasteiger partial charge in [0.2, 0.25) is 0 Å². The Morgan fingerprint density at radius 2 is 1.87 bits per heavy atom. The number of fused-ring (bicyclic) bond motifs is 1. The number of esters is 1. The number of halogens is 1. The van der Waals surface area contributed by atoms with Crippen LogP contribution in [-0.4, -0.2) is 31.4 Å². The van der Waals surface area contributed by atoms with Gasteiger partial charge in [-0.3, -0.25) is 9.36 Å². The predicted octanol–water partition coefficient (Wildman–Crippen LogP) is 4.31. The zero-order valence-corrected chi connectivity index (χ0v) is 23.2. The highest BCUT2D eigenvalue weighted by atomic mass is 79.9. The first-order valence-electron chi connectivity index (χ1n) is 11.7. The number of thiazole rings is 1. The van der Waals surface area contributed by atoms with Crippen LogP contribution in [0, 0.1) is 0 Å². The molecule has 0 fully saturated rings. The van der Waals surface area contributed by atoms with Crippen molar-refractivity contribution >= 4 is 45.0 Å². The zero-order valence-electron chi connectivity index (χ0n) is 20.8. The summed E-state index contributed by atoms with van der Waals surface area (Å²) in [5, 5.41) is 0. The molecule has 2 aromatic heterocycles. The van der Waals surface area contributed by atoms with Crippen LogP contribution in [0.1, 0.15) is 29.9 Å². The van der Waals surface area contributed by atoms with Gasteiger partial charge in [0.05, 0.1) is 42.7 Å². The molecule has 0 aliphatic carbocycles. The number of aromatic nitrogens is 1. The first-order valence-corrected chi connectivity index (χ1v) is 13.3. The number of nitrogens with zero attached hydrogens (tertiary/aromatic N) is 2. The maximum Gasteiger partial charge on any atom is 0.338 e. The molecule has 0 unspecified atom stereocenters. The molecular formula is C28H23BrN2O6S. The smallest absolute Gasteiger partial charge is 0.338 e. The Morgan fingerprint density at radius 3 is 2.53 bits per heavy atom. The highest BCUT2D eigenvalue weighted by molar-refractivity contribution is 9.10. The van der Waals surface area contributed by atoms with Gasteiger partial charge in [-0.25, -0.2) is 9.79 Å². The normalized spacial score (nSPS) is 15.2. The number of furan rings is 1. The topological polar surface area (TPSA) is 92.3 Å². The summed E-state index contributed by atoms with van der Waals surface area (Å²) in [5.41, 5.74) is 1.76. The number of rotatable bonds is 7. The van der Waals surface area contributed by atoms with Gasteiger partial charge in [-0.2, -0.15) is 0 Å². The van der Waals surface area contributed by atoms with E-state index < -0.39 is 12.0 Å². The van der Waals surface area contributed by atoms with E-state index in [4.69, 9.17) is 23.6 Å². The van der Waals surface area contributed by atoms with Crippen LogP contribution in [0.5, 0.6) is 11.5 Å². The van der Waals surface area contributed by atoms with Gasteiger partial charge in [0.25, 0.3) is 5.56 Å². The summed E-state index contributed by atoms with van der Waals surface area (Å²) in [4.78, 5) is 32.7. The van der Waals surface area contributed by atoms with Crippen LogP contribution in [-0.2, 0) is 9.53 Å². The monoisotopic (exact) mass is 594 g/mol. The summed E-state index contributed by atoms with van der Waals surface area (Å²) in [5.74, 6) is 0.947. The van der Waals surface area contributed by atoms with Gasteiger partial charge in [-0.05, 0) is 52.7 Å². The van der Waals surface area contributed by atoms with E-state index in [1.54, 1.807) is 50.4 Å². The van der Waals surface area contributed by atoms with Crippen LogP contribution < -0.4 is 24.4 Å². The number of methoxy groups -OCH3 is 2. The quantitative estimate of drug-likeness (QED) is 0.296. The Morgan fingerprint density at radius 1 is 1.11 bits per heavy atom. The van der Waals surface area contributed by atoms with E-state index in [0.29, 0.717) is 42.5 Å². The Balaban J connectivity index is 1.85. The van der Waals surface area contributed by atoms with Gasteiger partial charge >= 0.3 is 5.97 Å². The Kier molecular flexibility index (Phi) is 7.35. The molecule has 0 amide bonds. The van der Waals surface area contributed by atoms with Gasteiger partial charge in [-0.1, -0.05) is 47.7 Å². The van der Waals surface area contributed by atoms with E-state index in [1.165, 1.54) is 23.0 Å². The highest BCUT2D eigenvalue weighted by Gasteiger charge is 2.35. The van der Waals surface area contributed by atoms with Gasteiger partial charge in [0.1, 0.15) is 5.76 Å². The fourth-order valence-corrected chi connectivity index (χ4v) is 5.61. The number of carbonyl (C=O) groups is 1. The van der Waals surface area contributed by atoms with Crippen molar-refractivity contribution in [3.8, 4) is 11.5 Å². The van der Waals surface area contributed by atoms with Gasteiger partial charge in [0.15, 0.2) is 21.0 Å². The van der Waals surface area contributed by atoms with E-state index >= 15 is 0 Å². The summed E-state index contributed by atoms with van der Waals surface area (Å²) >= 11 is 4.51. The predicted molar refractivity (Wildman–Crippen MR) is 147 cm³/mol. The van der Waals surface area contributed by atoms with Gasteiger partial charge < -0.3 is 18.6 Å². The largest absolute Gasteiger partial charge is 0.493 e. The maximum atomic E-state index is 13.9. The second-order valence-corrected chi connectivity index (χ2v) is 9.98. The molecule has 0 radical (unpaired) electrons. The molecule has 0 N–H and O–H groups in total. The van der Waals surface area contributed by atoms with Crippen molar-refractivity contribution < 1.29 is 23.4 Å². The minimum absolute atomic E-state index is 0.168. The molecule has 3 heterocycles. The van der Waals surface area contributed by atoms with Crippen molar-refractivity contribution in [1.29, 1.82) is 0 Å². The molecule has 0 saturated heterocycles. The lowest BCUT2D eigenvalue weighted by Crippen LogP contribution is -2.40. The van der Waals surface area contributed by atoms with Crippen molar-refractivity contribution in [1.82, 2.24) is 4.57 Å². The van der Waals surface area contributed by atoms with E-state index in [1.807, 2.05) is 30.3 Å². The van der Waals surface area contributed by atoms with Crippen molar-refractivity contribution in [3.63, 3.8) is 0 Å². The summed E-state index contributed by atoms with van der Waals surface area (Å²) < 4.78 is 24.5. The van der Waals surface area contributed by atoms with E-state index in [2.05, 4.69) is 15.9 Å². The summed E-state index contributed by atoms with van der Waals surface area (Å²) in [6.45, 7) is 1.91. The number of benzene rings is 2. The second kappa shape index (κ2) is 10.8. The second-order valence-electron chi connectivity index (χ2n) is 8.19. The first-order chi connectivity index (χ1) is 18.4. The Labute approximate surface area is 230 Å². The molecule has 8 nitrogen and oxygen atoms in total. The van der Waals surface area contributed by atoms with Crippen LogP contribution in [0.2, 0.25) is 0 Å². The third kappa shape index (κ3) is 4.72. The van der Waals surface area contributed by atoms with Crippen LogP contribution in [0.25, 0.3) is 11.8 Å². The summed E-state index contributed by atoms with van der Waals surface area (Å²) in [6, 6.07) is 17.4. The zero-order chi connectivity index (χ0) is 26.8. The lowest BCUT2D eigenvalue weighted by molar-refractivity contribution is -0.138. The number of ether oxygens (including phenoxy) is 3. The lowest BCUT2D eigenvalue weighted by atomic mass is 9.93. The number of carbonyl (C=O) groups excluding carboxylic acids is 1. The van der Waals surface area contributed by atoms with Crippen LogP contribution in [0.4, 0.5) is 0 Å². The van der Waals surface area contributed by atoms with E-state index in [0.717, 1.165) is 5.56 Å². The van der Waals surface area contributed by atoms with Crippen molar-refractivity contribution in [3.05, 3.63) is 107 Å². The molecule has 1 aliphatic heterocycles. The van der Waals surface area contributed by atoms with Crippen molar-refractivity contribution in [2.75, 3.05) is 20.8 Å². The van der Waals surface area contributed by atoms with Crippen LogP contribution >= 0.6 is 27.3 Å². The fraction of sp³-hybridized carbons (Fsp3) is 0.179. The van der Waals surface area contributed by atoms with E-state index in [-0.39, 0.29) is 17.7 Å². The molecule has 1 aliphatic rings. The Hall–Kier alpha value is -3.89. The maximum absolute atomic E-state index is 13.9. The molecule has 38 heavy (non-hydrogen) atoms. The molecule has 1 atom stereocenters. The fourth-order valence-electron chi connectivity index (χ4n) is 4.31. The summed E-state index contributed by atoms with van der Waals surface area (Å²) in [7, 11) is 3.08. The number of hydrogen-bond donors (Lipinski definition) is 0. The molecule has 0 bridgehead atoms. The molecule has 2 aromatic carbocycles. The number of hydrogen-bond acceptors (Lipinski definition) is 8. The standard InChI is InChI=1S/C28H23BrN2O6S/c1-4-36-27(33)23-24(16-8-6-5-7-9-16)30-28-31(25(23)17-10-12-19(34-2)20(14-17)35-3)26(32)21(38-28)15-18-11-13-22(29)37-18/h5-15,25H,4H2,1-3H3/b21-15-/t25-/m0/s1. The average molecular weight is 595 g/mol. The molecule has 0 spiro atoms. The highest BCUT2D eigenvalue weighted by Crippen LogP contribution is 2.38. The molecular weight excluding hydrogens is 572 g/mol. The lowest BCUT2D eigenvalue weighted by Gasteiger charge is -2.26. The average Bonchev–Trinajstić information content (AvgIpc) is 3.49. The van der Waals surface area contributed by atoms with Crippen molar-refractivity contribution in [2.24, 2.45) is 4.99 Å². The Bertz CT molecular complexity index is 1720. The van der Waals surface area contributed by atoms with Crippen LogP contribution in [0.15, 0.2) is 85.1 Å². The molecule has 0 saturated carbocycles. The van der Waals surface area contributed by atoms with E-state index in [9.17, 15) is 9.59 Å². The minimum Gasteiger partial charge on any atom is -0.493 e. The summed E-state index contributed by atoms with van der Waals surface area (Å²) in [6.07, 6.45) is 1.66. The first kappa shape index (κ1) is 25.7. The van der Waals surface area contributed by atoms with Crippen molar-refractivity contribution in [2.45, 2.75) is 13.0 Å².